The number of anilines is 2. The lowest BCUT2D eigenvalue weighted by Gasteiger charge is -2.10. The van der Waals surface area contributed by atoms with Crippen LogP contribution in [0, 0.1) is 18.6 Å². The molecule has 20 heavy (non-hydrogen) atoms. The Hall–Kier alpha value is -1.95. The molecule has 0 aromatic heterocycles. The molecule has 0 saturated carbocycles. The van der Waals surface area contributed by atoms with Gasteiger partial charge in [0.1, 0.15) is 5.69 Å². The fourth-order valence-electron chi connectivity index (χ4n) is 1.73. The Morgan fingerprint density at radius 3 is 2.35 bits per heavy atom. The Labute approximate surface area is 122 Å². The molecule has 1 amide bonds. The summed E-state index contributed by atoms with van der Waals surface area (Å²) in [6.45, 7) is 1.83. The Morgan fingerprint density at radius 1 is 1.20 bits per heavy atom. The van der Waals surface area contributed by atoms with Gasteiger partial charge in [0, 0.05) is 10.2 Å². The topological polar surface area (TPSA) is 55.1 Å². The van der Waals surface area contributed by atoms with Crippen molar-refractivity contribution in [3.63, 3.8) is 0 Å². The summed E-state index contributed by atoms with van der Waals surface area (Å²) in [5.74, 6) is -2.39. The van der Waals surface area contributed by atoms with Gasteiger partial charge in [-0.1, -0.05) is 22.0 Å². The van der Waals surface area contributed by atoms with Crippen LogP contribution < -0.4 is 11.1 Å². The summed E-state index contributed by atoms with van der Waals surface area (Å²) in [6.07, 6.45) is 0. The summed E-state index contributed by atoms with van der Waals surface area (Å²) in [7, 11) is 0. The molecule has 0 aliphatic heterocycles. The van der Waals surface area contributed by atoms with E-state index in [2.05, 4.69) is 21.2 Å². The van der Waals surface area contributed by atoms with Crippen molar-refractivity contribution in [1.82, 2.24) is 0 Å². The number of rotatable bonds is 2. The summed E-state index contributed by atoms with van der Waals surface area (Å²) in [5.41, 5.74) is 6.52. The lowest BCUT2D eigenvalue weighted by molar-refractivity contribution is 0.102. The number of carbonyl (C=O) groups is 1. The summed E-state index contributed by atoms with van der Waals surface area (Å²) in [6, 6.07) is 6.95. The van der Waals surface area contributed by atoms with E-state index in [0.717, 1.165) is 17.7 Å². The second-order valence-corrected chi connectivity index (χ2v) is 5.20. The maximum atomic E-state index is 13.6. The molecule has 0 spiro atoms. The van der Waals surface area contributed by atoms with Gasteiger partial charge in [-0.05, 0) is 36.8 Å². The normalized spacial score (nSPS) is 10.4. The standard InChI is InChI=1S/C14H11BrF2N2O/c1-7-2-3-9(12(18)4-7)14(20)19-13-10(16)5-8(15)6-11(13)17/h2-6H,18H2,1H3,(H,19,20). The summed E-state index contributed by atoms with van der Waals surface area (Å²) in [5, 5.41) is 2.19. The van der Waals surface area contributed by atoms with E-state index < -0.39 is 23.2 Å². The highest BCUT2D eigenvalue weighted by Gasteiger charge is 2.16. The highest BCUT2D eigenvalue weighted by atomic mass is 79.9. The van der Waals surface area contributed by atoms with E-state index in [4.69, 9.17) is 5.73 Å². The molecule has 6 heteroatoms. The number of hydrogen-bond donors (Lipinski definition) is 2. The molecule has 2 aromatic rings. The van der Waals surface area contributed by atoms with Crippen LogP contribution in [0.25, 0.3) is 0 Å². The van der Waals surface area contributed by atoms with Gasteiger partial charge in [0.2, 0.25) is 0 Å². The van der Waals surface area contributed by atoms with Crippen molar-refractivity contribution in [1.29, 1.82) is 0 Å². The fourth-order valence-corrected chi connectivity index (χ4v) is 2.13. The first kappa shape index (κ1) is 14.5. The predicted molar refractivity (Wildman–Crippen MR) is 77.6 cm³/mol. The third-order valence-corrected chi connectivity index (χ3v) is 3.15. The molecule has 0 radical (unpaired) electrons. The van der Waals surface area contributed by atoms with Crippen molar-refractivity contribution in [2.75, 3.05) is 11.1 Å². The molecule has 104 valence electrons. The largest absolute Gasteiger partial charge is 0.398 e. The van der Waals surface area contributed by atoms with Gasteiger partial charge in [0.25, 0.3) is 5.91 Å². The van der Waals surface area contributed by atoms with E-state index in [-0.39, 0.29) is 15.7 Å². The number of carbonyl (C=O) groups excluding carboxylic acids is 1. The van der Waals surface area contributed by atoms with Gasteiger partial charge in [-0.3, -0.25) is 4.79 Å². The predicted octanol–water partition coefficient (Wildman–Crippen LogP) is 3.87. The minimum atomic E-state index is -0.865. The molecule has 0 saturated heterocycles. The van der Waals surface area contributed by atoms with Crippen molar-refractivity contribution in [2.24, 2.45) is 0 Å². The lowest BCUT2D eigenvalue weighted by atomic mass is 10.1. The first-order valence-electron chi connectivity index (χ1n) is 5.70. The Balaban J connectivity index is 2.33. The van der Waals surface area contributed by atoms with Crippen LogP contribution in [-0.2, 0) is 0 Å². The average molecular weight is 341 g/mol. The third kappa shape index (κ3) is 2.96. The van der Waals surface area contributed by atoms with Crippen LogP contribution in [0.3, 0.4) is 0 Å². The molecule has 2 aromatic carbocycles. The molecule has 0 fully saturated rings. The Kier molecular flexibility index (Phi) is 4.04. The van der Waals surface area contributed by atoms with Crippen molar-refractivity contribution >= 4 is 33.2 Å². The number of amides is 1. The average Bonchev–Trinajstić information content (AvgIpc) is 2.33. The minimum absolute atomic E-state index is 0.164. The molecule has 0 bridgehead atoms. The first-order valence-corrected chi connectivity index (χ1v) is 6.50. The number of hydrogen-bond acceptors (Lipinski definition) is 2. The van der Waals surface area contributed by atoms with Crippen molar-refractivity contribution in [2.45, 2.75) is 6.92 Å². The molecule has 0 atom stereocenters. The van der Waals surface area contributed by atoms with Gasteiger partial charge < -0.3 is 11.1 Å². The second-order valence-electron chi connectivity index (χ2n) is 4.29. The Bertz CT molecular complexity index is 666. The molecule has 0 heterocycles. The first-order chi connectivity index (χ1) is 9.38. The maximum Gasteiger partial charge on any atom is 0.257 e. The van der Waals surface area contributed by atoms with Gasteiger partial charge in [-0.25, -0.2) is 8.78 Å². The van der Waals surface area contributed by atoms with Crippen molar-refractivity contribution in [3.8, 4) is 0 Å². The van der Waals surface area contributed by atoms with Crippen LogP contribution in [0.5, 0.6) is 0 Å². The van der Waals surface area contributed by atoms with Gasteiger partial charge in [-0.15, -0.1) is 0 Å². The lowest BCUT2D eigenvalue weighted by Crippen LogP contribution is -2.16. The van der Waals surface area contributed by atoms with Crippen LogP contribution >= 0.6 is 15.9 Å². The smallest absolute Gasteiger partial charge is 0.257 e. The van der Waals surface area contributed by atoms with E-state index in [1.807, 2.05) is 6.92 Å². The number of benzene rings is 2. The zero-order valence-electron chi connectivity index (χ0n) is 10.5. The minimum Gasteiger partial charge on any atom is -0.398 e. The number of nitrogens with one attached hydrogen (secondary N) is 1. The molecule has 3 nitrogen and oxygen atoms in total. The number of halogens is 3. The van der Waals surface area contributed by atoms with Crippen LogP contribution in [0.1, 0.15) is 15.9 Å². The number of aryl methyl sites for hydroxylation is 1. The van der Waals surface area contributed by atoms with Crippen LogP contribution in [0.4, 0.5) is 20.2 Å². The Morgan fingerprint density at radius 2 is 1.80 bits per heavy atom. The second kappa shape index (κ2) is 5.58. The maximum absolute atomic E-state index is 13.6. The number of nitrogen functional groups attached to an aromatic ring is 1. The summed E-state index contributed by atoms with van der Waals surface area (Å²) in [4.78, 5) is 12.0. The number of nitrogens with two attached hydrogens (primary N) is 1. The third-order valence-electron chi connectivity index (χ3n) is 2.70. The molecule has 0 aliphatic rings. The van der Waals surface area contributed by atoms with Crippen LogP contribution in [0.2, 0.25) is 0 Å². The molecule has 0 unspecified atom stereocenters. The van der Waals surface area contributed by atoms with E-state index in [9.17, 15) is 13.6 Å². The highest BCUT2D eigenvalue weighted by molar-refractivity contribution is 9.10. The van der Waals surface area contributed by atoms with Gasteiger partial charge in [-0.2, -0.15) is 0 Å². The molecular formula is C14H11BrF2N2O. The van der Waals surface area contributed by atoms with E-state index in [1.165, 1.54) is 6.07 Å². The van der Waals surface area contributed by atoms with E-state index in [1.54, 1.807) is 12.1 Å². The van der Waals surface area contributed by atoms with E-state index in [0.29, 0.717) is 0 Å². The van der Waals surface area contributed by atoms with Gasteiger partial charge in [0.05, 0.1) is 5.56 Å². The molecule has 2 rings (SSSR count). The molecule has 0 aliphatic carbocycles. The SMILES string of the molecule is Cc1ccc(C(=O)Nc2c(F)cc(Br)cc2F)c(N)c1. The van der Waals surface area contributed by atoms with Crippen LogP contribution in [-0.4, -0.2) is 5.91 Å². The van der Waals surface area contributed by atoms with Gasteiger partial charge >= 0.3 is 0 Å². The quantitative estimate of drug-likeness (QED) is 0.815. The zero-order chi connectivity index (χ0) is 14.9. The molecule has 3 N–H and O–H groups in total. The van der Waals surface area contributed by atoms with Crippen molar-refractivity contribution < 1.29 is 13.6 Å². The monoisotopic (exact) mass is 340 g/mol. The molecular weight excluding hydrogens is 330 g/mol. The summed E-state index contributed by atoms with van der Waals surface area (Å²) < 4.78 is 27.5. The fraction of sp³-hybridized carbons (Fsp3) is 0.0714. The highest BCUT2D eigenvalue weighted by Crippen LogP contribution is 2.25. The van der Waals surface area contributed by atoms with Gasteiger partial charge in [0.15, 0.2) is 11.6 Å². The van der Waals surface area contributed by atoms with Crippen LogP contribution in [0.15, 0.2) is 34.8 Å². The summed E-state index contributed by atoms with van der Waals surface area (Å²) >= 11 is 2.97. The van der Waals surface area contributed by atoms with Crippen molar-refractivity contribution in [3.05, 3.63) is 57.6 Å². The zero-order valence-corrected chi connectivity index (χ0v) is 12.1. The van der Waals surface area contributed by atoms with E-state index >= 15 is 0 Å².